The molecule has 0 saturated heterocycles. The third-order valence-corrected chi connectivity index (χ3v) is 5.11. The van der Waals surface area contributed by atoms with E-state index in [9.17, 15) is 0 Å². The van der Waals surface area contributed by atoms with Gasteiger partial charge in [-0.1, -0.05) is 29.5 Å². The largest absolute Gasteiger partial charge is 0.383 e. The number of methoxy groups -OCH3 is 1. The van der Waals surface area contributed by atoms with Crippen molar-refractivity contribution in [1.82, 2.24) is 20.0 Å². The van der Waals surface area contributed by atoms with Gasteiger partial charge in [-0.25, -0.2) is 0 Å². The molecule has 0 amide bonds. The van der Waals surface area contributed by atoms with Crippen LogP contribution in [-0.2, 0) is 11.3 Å². The summed E-state index contributed by atoms with van der Waals surface area (Å²) in [6.07, 6.45) is 7.57. The van der Waals surface area contributed by atoms with Gasteiger partial charge in [0.05, 0.1) is 12.8 Å². The standard InChI is InChI=1S/C14H23N5OS2/c1-12-10-16-19(11-12)7-4-3-5-9-21-14-18-17-13(22-14)15-6-8-20-2/h10-11H,3-9H2,1-2H3,(H,15,17). The second-order valence-electron chi connectivity index (χ2n) is 4.98. The molecule has 0 aliphatic heterocycles. The van der Waals surface area contributed by atoms with Gasteiger partial charge in [-0.2, -0.15) is 5.10 Å². The average Bonchev–Trinajstić information content (AvgIpc) is 3.12. The van der Waals surface area contributed by atoms with E-state index in [0.717, 1.165) is 28.3 Å². The summed E-state index contributed by atoms with van der Waals surface area (Å²) in [6.45, 7) is 4.52. The molecular formula is C14H23N5OS2. The summed E-state index contributed by atoms with van der Waals surface area (Å²) in [6, 6.07) is 0. The fourth-order valence-corrected chi connectivity index (χ4v) is 3.75. The molecule has 122 valence electrons. The van der Waals surface area contributed by atoms with Crippen molar-refractivity contribution >= 4 is 28.2 Å². The molecule has 0 aliphatic carbocycles. The molecule has 0 saturated carbocycles. The molecule has 2 aromatic heterocycles. The van der Waals surface area contributed by atoms with Gasteiger partial charge in [0.1, 0.15) is 0 Å². The zero-order chi connectivity index (χ0) is 15.6. The molecule has 2 heterocycles. The van der Waals surface area contributed by atoms with Crippen molar-refractivity contribution in [1.29, 1.82) is 0 Å². The lowest BCUT2D eigenvalue weighted by Gasteiger charge is -2.01. The fourth-order valence-electron chi connectivity index (χ4n) is 1.90. The first-order valence-corrected chi connectivity index (χ1v) is 9.26. The van der Waals surface area contributed by atoms with Gasteiger partial charge in [0.2, 0.25) is 5.13 Å². The molecule has 0 bridgehead atoms. The van der Waals surface area contributed by atoms with Crippen LogP contribution in [0.5, 0.6) is 0 Å². The number of hydrogen-bond acceptors (Lipinski definition) is 7. The summed E-state index contributed by atoms with van der Waals surface area (Å²) in [7, 11) is 1.69. The highest BCUT2D eigenvalue weighted by atomic mass is 32.2. The van der Waals surface area contributed by atoms with E-state index >= 15 is 0 Å². The van der Waals surface area contributed by atoms with Crippen LogP contribution in [0.25, 0.3) is 0 Å². The highest BCUT2D eigenvalue weighted by Crippen LogP contribution is 2.26. The predicted molar refractivity (Wildman–Crippen MR) is 91.8 cm³/mol. The van der Waals surface area contributed by atoms with Crippen LogP contribution in [0.2, 0.25) is 0 Å². The molecule has 0 radical (unpaired) electrons. The molecule has 0 atom stereocenters. The fraction of sp³-hybridized carbons (Fsp3) is 0.643. The number of unbranched alkanes of at least 4 members (excludes halogenated alkanes) is 2. The maximum atomic E-state index is 4.99. The maximum absolute atomic E-state index is 4.99. The number of nitrogens with zero attached hydrogens (tertiary/aromatic N) is 4. The number of aryl methyl sites for hydroxylation is 2. The summed E-state index contributed by atoms with van der Waals surface area (Å²) in [5.74, 6) is 1.09. The van der Waals surface area contributed by atoms with Gasteiger partial charge in [0, 0.05) is 32.1 Å². The van der Waals surface area contributed by atoms with Crippen LogP contribution in [0.3, 0.4) is 0 Å². The van der Waals surface area contributed by atoms with E-state index in [0.29, 0.717) is 6.61 Å². The lowest BCUT2D eigenvalue weighted by Crippen LogP contribution is -2.06. The quantitative estimate of drug-likeness (QED) is 0.500. The zero-order valence-corrected chi connectivity index (χ0v) is 14.8. The number of nitrogens with one attached hydrogen (secondary N) is 1. The molecule has 0 aliphatic rings. The third kappa shape index (κ3) is 6.33. The highest BCUT2D eigenvalue weighted by molar-refractivity contribution is 8.01. The minimum absolute atomic E-state index is 0.678. The summed E-state index contributed by atoms with van der Waals surface area (Å²) < 4.78 is 8.04. The van der Waals surface area contributed by atoms with Crippen LogP contribution >= 0.6 is 23.1 Å². The molecule has 8 heteroatoms. The van der Waals surface area contributed by atoms with Crippen LogP contribution in [-0.4, -0.2) is 46.0 Å². The first-order chi connectivity index (χ1) is 10.8. The van der Waals surface area contributed by atoms with Crippen molar-refractivity contribution in [2.75, 3.05) is 31.3 Å². The Morgan fingerprint density at radius 2 is 2.23 bits per heavy atom. The number of anilines is 1. The molecule has 0 spiro atoms. The smallest absolute Gasteiger partial charge is 0.206 e. The Morgan fingerprint density at radius 1 is 1.32 bits per heavy atom. The van der Waals surface area contributed by atoms with E-state index < -0.39 is 0 Å². The molecule has 2 aromatic rings. The Morgan fingerprint density at radius 3 is 3.00 bits per heavy atom. The van der Waals surface area contributed by atoms with Crippen LogP contribution in [0.4, 0.5) is 5.13 Å². The second kappa shape index (κ2) is 9.81. The number of thioether (sulfide) groups is 1. The molecule has 22 heavy (non-hydrogen) atoms. The monoisotopic (exact) mass is 341 g/mol. The molecule has 6 nitrogen and oxygen atoms in total. The molecule has 0 unspecified atom stereocenters. The molecule has 1 N–H and O–H groups in total. The van der Waals surface area contributed by atoms with Gasteiger partial charge in [-0.3, -0.25) is 4.68 Å². The van der Waals surface area contributed by atoms with Crippen LogP contribution in [0.1, 0.15) is 24.8 Å². The molecule has 2 rings (SSSR count). The minimum atomic E-state index is 0.678. The minimum Gasteiger partial charge on any atom is -0.383 e. The van der Waals surface area contributed by atoms with E-state index in [-0.39, 0.29) is 0 Å². The molecular weight excluding hydrogens is 318 g/mol. The normalized spacial score (nSPS) is 11.0. The average molecular weight is 342 g/mol. The van der Waals surface area contributed by atoms with Gasteiger partial charge in [0.15, 0.2) is 4.34 Å². The van der Waals surface area contributed by atoms with Crippen molar-refractivity contribution < 1.29 is 4.74 Å². The first kappa shape index (κ1) is 17.2. The second-order valence-corrected chi connectivity index (χ2v) is 7.30. The van der Waals surface area contributed by atoms with Crippen molar-refractivity contribution in [2.24, 2.45) is 0 Å². The topological polar surface area (TPSA) is 64.9 Å². The number of ether oxygens (including phenoxy) is 1. The van der Waals surface area contributed by atoms with Crippen molar-refractivity contribution in [3.05, 3.63) is 18.0 Å². The summed E-state index contributed by atoms with van der Waals surface area (Å²) in [5.41, 5.74) is 1.22. The lowest BCUT2D eigenvalue weighted by molar-refractivity contribution is 0.211. The van der Waals surface area contributed by atoms with Crippen molar-refractivity contribution in [3.8, 4) is 0 Å². The Balaban J connectivity index is 1.53. The van der Waals surface area contributed by atoms with Crippen molar-refractivity contribution in [3.63, 3.8) is 0 Å². The van der Waals surface area contributed by atoms with Gasteiger partial charge in [-0.05, 0) is 25.3 Å². The summed E-state index contributed by atoms with van der Waals surface area (Å²) in [5, 5.41) is 16.6. The molecule has 0 aromatic carbocycles. The summed E-state index contributed by atoms with van der Waals surface area (Å²) in [4.78, 5) is 0. The molecule has 0 fully saturated rings. The van der Waals surface area contributed by atoms with E-state index in [1.807, 2.05) is 10.9 Å². The van der Waals surface area contributed by atoms with E-state index in [1.54, 1.807) is 30.2 Å². The van der Waals surface area contributed by atoms with Crippen LogP contribution in [0, 0.1) is 6.92 Å². The maximum Gasteiger partial charge on any atom is 0.206 e. The van der Waals surface area contributed by atoms with E-state index in [1.165, 1.54) is 24.8 Å². The Hall–Kier alpha value is -1.12. The van der Waals surface area contributed by atoms with Gasteiger partial charge in [0.25, 0.3) is 0 Å². The Labute approximate surface area is 139 Å². The predicted octanol–water partition coefficient (Wildman–Crippen LogP) is 3.06. The Kier molecular flexibility index (Phi) is 7.68. The summed E-state index contributed by atoms with van der Waals surface area (Å²) >= 11 is 3.39. The van der Waals surface area contributed by atoms with Gasteiger partial charge < -0.3 is 10.1 Å². The number of hydrogen-bond donors (Lipinski definition) is 1. The number of aromatic nitrogens is 4. The van der Waals surface area contributed by atoms with E-state index in [2.05, 4.69) is 33.7 Å². The number of rotatable bonds is 11. The zero-order valence-electron chi connectivity index (χ0n) is 13.1. The SMILES string of the molecule is COCCNc1nnc(SCCCCCn2cc(C)cn2)s1. The van der Waals surface area contributed by atoms with E-state index in [4.69, 9.17) is 4.74 Å². The highest BCUT2D eigenvalue weighted by Gasteiger charge is 2.04. The van der Waals surface area contributed by atoms with Crippen molar-refractivity contribution in [2.45, 2.75) is 37.1 Å². The lowest BCUT2D eigenvalue weighted by atomic mass is 10.2. The van der Waals surface area contributed by atoms with Crippen LogP contribution < -0.4 is 5.32 Å². The van der Waals surface area contributed by atoms with Gasteiger partial charge >= 0.3 is 0 Å². The van der Waals surface area contributed by atoms with Crippen LogP contribution in [0.15, 0.2) is 16.7 Å². The first-order valence-electron chi connectivity index (χ1n) is 7.46. The third-order valence-electron chi connectivity index (χ3n) is 3.01. The van der Waals surface area contributed by atoms with Gasteiger partial charge in [-0.15, -0.1) is 10.2 Å². The Bertz CT molecular complexity index is 543.